The van der Waals surface area contributed by atoms with E-state index in [1.165, 1.54) is 24.9 Å². The number of hydrogen-bond acceptors (Lipinski definition) is 2. The summed E-state index contributed by atoms with van der Waals surface area (Å²) in [4.78, 5) is 2.49. The number of likely N-dealkylation sites (tertiary alicyclic amines) is 1. The van der Waals surface area contributed by atoms with Crippen LogP contribution >= 0.6 is 27.5 Å². The maximum atomic E-state index is 6.11. The molecule has 1 N–H and O–H groups in total. The Morgan fingerprint density at radius 1 is 1.53 bits per heavy atom. The lowest BCUT2D eigenvalue weighted by atomic mass is 10.1. The standard InChI is InChI=1S/C13H18BrClN2/c1-16-11-3-2-6-17(9-11)8-10-4-5-12(14)13(15)7-10/h4-5,7,11,16H,2-3,6,8-9H2,1H3. The normalized spacial score (nSPS) is 21.7. The van der Waals surface area contributed by atoms with Gasteiger partial charge in [0.25, 0.3) is 0 Å². The Labute approximate surface area is 116 Å². The molecule has 1 atom stereocenters. The van der Waals surface area contributed by atoms with Crippen LogP contribution in [0.1, 0.15) is 18.4 Å². The van der Waals surface area contributed by atoms with E-state index in [-0.39, 0.29) is 0 Å². The van der Waals surface area contributed by atoms with E-state index in [1.54, 1.807) is 0 Å². The highest BCUT2D eigenvalue weighted by molar-refractivity contribution is 9.10. The molecule has 0 spiro atoms. The molecule has 1 saturated heterocycles. The number of nitrogens with zero attached hydrogens (tertiary/aromatic N) is 1. The van der Waals surface area contributed by atoms with Crippen LogP contribution in [0.15, 0.2) is 22.7 Å². The summed E-state index contributed by atoms with van der Waals surface area (Å²) in [6, 6.07) is 6.85. The lowest BCUT2D eigenvalue weighted by Gasteiger charge is -2.32. The number of piperidine rings is 1. The van der Waals surface area contributed by atoms with E-state index in [0.717, 1.165) is 22.6 Å². The third kappa shape index (κ3) is 3.68. The first-order valence-electron chi connectivity index (χ1n) is 6.02. The van der Waals surface area contributed by atoms with Gasteiger partial charge in [0.05, 0.1) is 5.02 Å². The summed E-state index contributed by atoms with van der Waals surface area (Å²) >= 11 is 9.53. The van der Waals surface area contributed by atoms with E-state index < -0.39 is 0 Å². The Kier molecular flexibility index (Phi) is 4.86. The summed E-state index contributed by atoms with van der Waals surface area (Å²) in [6.07, 6.45) is 2.56. The monoisotopic (exact) mass is 316 g/mol. The molecule has 1 aliphatic heterocycles. The molecule has 0 aromatic heterocycles. The second-order valence-corrected chi connectivity index (χ2v) is 5.87. The Morgan fingerprint density at radius 3 is 3.06 bits per heavy atom. The molecule has 1 unspecified atom stereocenters. The van der Waals surface area contributed by atoms with Gasteiger partial charge in [-0.05, 0) is 60.1 Å². The van der Waals surface area contributed by atoms with Crippen molar-refractivity contribution < 1.29 is 0 Å². The van der Waals surface area contributed by atoms with Crippen LogP contribution in [0, 0.1) is 0 Å². The number of benzene rings is 1. The van der Waals surface area contributed by atoms with Crippen molar-refractivity contribution in [2.75, 3.05) is 20.1 Å². The summed E-state index contributed by atoms with van der Waals surface area (Å²) in [5, 5.41) is 4.16. The Bertz CT molecular complexity index is 384. The second-order valence-electron chi connectivity index (χ2n) is 4.61. The fraction of sp³-hybridized carbons (Fsp3) is 0.538. The molecule has 1 heterocycles. The van der Waals surface area contributed by atoms with Crippen LogP contribution in [-0.2, 0) is 6.54 Å². The smallest absolute Gasteiger partial charge is 0.0551 e. The SMILES string of the molecule is CNC1CCCN(Cc2ccc(Br)c(Cl)c2)C1. The van der Waals surface area contributed by atoms with Gasteiger partial charge in [-0.1, -0.05) is 17.7 Å². The lowest BCUT2D eigenvalue weighted by Crippen LogP contribution is -2.43. The van der Waals surface area contributed by atoms with Gasteiger partial charge in [0.15, 0.2) is 0 Å². The third-order valence-corrected chi connectivity index (χ3v) is 4.54. The molecule has 2 rings (SSSR count). The average Bonchev–Trinajstić information content (AvgIpc) is 2.34. The maximum absolute atomic E-state index is 6.11. The van der Waals surface area contributed by atoms with Crippen LogP contribution in [0.3, 0.4) is 0 Å². The minimum atomic E-state index is 0.634. The van der Waals surface area contributed by atoms with E-state index in [1.807, 2.05) is 13.1 Å². The Hall–Kier alpha value is -0.0900. The van der Waals surface area contributed by atoms with Crippen molar-refractivity contribution in [3.63, 3.8) is 0 Å². The van der Waals surface area contributed by atoms with Gasteiger partial charge in [0.2, 0.25) is 0 Å². The summed E-state index contributed by atoms with van der Waals surface area (Å²) in [6.45, 7) is 3.31. The molecule has 1 fully saturated rings. The van der Waals surface area contributed by atoms with Crippen molar-refractivity contribution in [1.29, 1.82) is 0 Å². The summed E-state index contributed by atoms with van der Waals surface area (Å²) in [5.41, 5.74) is 1.29. The van der Waals surface area contributed by atoms with Crippen molar-refractivity contribution in [3.05, 3.63) is 33.3 Å². The van der Waals surface area contributed by atoms with Gasteiger partial charge >= 0.3 is 0 Å². The van der Waals surface area contributed by atoms with Crippen molar-refractivity contribution in [2.45, 2.75) is 25.4 Å². The minimum absolute atomic E-state index is 0.634. The van der Waals surface area contributed by atoms with Gasteiger partial charge in [0, 0.05) is 23.6 Å². The number of likely N-dealkylation sites (N-methyl/N-ethyl adjacent to an activating group) is 1. The topological polar surface area (TPSA) is 15.3 Å². The predicted octanol–water partition coefficient (Wildman–Crippen LogP) is 3.29. The van der Waals surface area contributed by atoms with Gasteiger partial charge in [-0.2, -0.15) is 0 Å². The molecule has 1 aliphatic rings. The Morgan fingerprint density at radius 2 is 2.35 bits per heavy atom. The van der Waals surface area contributed by atoms with E-state index in [2.05, 4.69) is 38.3 Å². The number of hydrogen-bond donors (Lipinski definition) is 1. The van der Waals surface area contributed by atoms with Crippen molar-refractivity contribution >= 4 is 27.5 Å². The predicted molar refractivity (Wildman–Crippen MR) is 76.5 cm³/mol. The van der Waals surface area contributed by atoms with Crippen molar-refractivity contribution in [2.24, 2.45) is 0 Å². The summed E-state index contributed by atoms with van der Waals surface area (Å²) in [5.74, 6) is 0. The van der Waals surface area contributed by atoms with Gasteiger partial charge < -0.3 is 5.32 Å². The molecule has 0 aliphatic carbocycles. The van der Waals surface area contributed by atoms with Crippen LogP contribution in [0.25, 0.3) is 0 Å². The van der Waals surface area contributed by atoms with Crippen LogP contribution in [0.5, 0.6) is 0 Å². The summed E-state index contributed by atoms with van der Waals surface area (Å²) < 4.78 is 0.967. The molecule has 0 amide bonds. The maximum Gasteiger partial charge on any atom is 0.0551 e. The lowest BCUT2D eigenvalue weighted by molar-refractivity contribution is 0.188. The van der Waals surface area contributed by atoms with Gasteiger partial charge in [-0.3, -0.25) is 4.90 Å². The highest BCUT2D eigenvalue weighted by Crippen LogP contribution is 2.24. The van der Waals surface area contributed by atoms with E-state index in [9.17, 15) is 0 Å². The average molecular weight is 318 g/mol. The van der Waals surface area contributed by atoms with Gasteiger partial charge in [-0.25, -0.2) is 0 Å². The van der Waals surface area contributed by atoms with Crippen LogP contribution in [-0.4, -0.2) is 31.1 Å². The molecular weight excluding hydrogens is 300 g/mol. The van der Waals surface area contributed by atoms with E-state index in [0.29, 0.717) is 6.04 Å². The molecule has 94 valence electrons. The first-order chi connectivity index (χ1) is 8.19. The largest absolute Gasteiger partial charge is 0.316 e. The molecule has 2 nitrogen and oxygen atoms in total. The van der Waals surface area contributed by atoms with Crippen LogP contribution in [0.4, 0.5) is 0 Å². The molecule has 17 heavy (non-hydrogen) atoms. The zero-order valence-electron chi connectivity index (χ0n) is 10.0. The summed E-state index contributed by atoms with van der Waals surface area (Å²) in [7, 11) is 2.05. The van der Waals surface area contributed by atoms with E-state index in [4.69, 9.17) is 11.6 Å². The molecule has 1 aromatic rings. The highest BCUT2D eigenvalue weighted by Gasteiger charge is 2.18. The van der Waals surface area contributed by atoms with Crippen molar-refractivity contribution in [1.82, 2.24) is 10.2 Å². The van der Waals surface area contributed by atoms with Crippen LogP contribution in [0.2, 0.25) is 5.02 Å². The minimum Gasteiger partial charge on any atom is -0.316 e. The van der Waals surface area contributed by atoms with Gasteiger partial charge in [0.1, 0.15) is 0 Å². The molecule has 0 bridgehead atoms. The van der Waals surface area contributed by atoms with E-state index >= 15 is 0 Å². The number of rotatable bonds is 3. The Balaban J connectivity index is 1.97. The number of nitrogens with one attached hydrogen (secondary N) is 1. The molecule has 1 aromatic carbocycles. The zero-order chi connectivity index (χ0) is 12.3. The molecule has 0 saturated carbocycles. The first kappa shape index (κ1) is 13.3. The van der Waals surface area contributed by atoms with Crippen LogP contribution < -0.4 is 5.32 Å². The first-order valence-corrected chi connectivity index (χ1v) is 7.19. The molecule has 0 radical (unpaired) electrons. The van der Waals surface area contributed by atoms with Crippen molar-refractivity contribution in [3.8, 4) is 0 Å². The quantitative estimate of drug-likeness (QED) is 0.920. The molecular formula is C13H18BrClN2. The molecule has 4 heteroatoms. The number of halogens is 2. The zero-order valence-corrected chi connectivity index (χ0v) is 12.4. The highest BCUT2D eigenvalue weighted by atomic mass is 79.9. The fourth-order valence-corrected chi connectivity index (χ4v) is 2.78. The fourth-order valence-electron chi connectivity index (χ4n) is 2.33. The third-order valence-electron chi connectivity index (χ3n) is 3.30. The van der Waals surface area contributed by atoms with Gasteiger partial charge in [-0.15, -0.1) is 0 Å². The second kappa shape index (κ2) is 6.19.